The van der Waals surface area contributed by atoms with Crippen LogP contribution in [0.4, 0.5) is 5.69 Å². The summed E-state index contributed by atoms with van der Waals surface area (Å²) < 4.78 is 1.10. The Morgan fingerprint density at radius 3 is 2.00 bits per heavy atom. The van der Waals surface area contributed by atoms with Gasteiger partial charge in [-0.05, 0) is 65.1 Å². The number of halogens is 1. The van der Waals surface area contributed by atoms with Crippen LogP contribution >= 0.6 is 22.6 Å². The summed E-state index contributed by atoms with van der Waals surface area (Å²) in [5.74, 6) is 0.324. The standard InChI is InChI=1S/C15H12INO2/c16-10-3-5-11(6-4-10)17-14(18)12-8-1-2-9(7-8)13(12)15(17)19/h1-6,8-9,12-13H,7H2/t8-,9+,12-,13-/m0/s1. The monoisotopic (exact) mass is 365 g/mol. The quantitative estimate of drug-likeness (QED) is 0.436. The van der Waals surface area contributed by atoms with Gasteiger partial charge in [0.1, 0.15) is 0 Å². The number of hydrogen-bond donors (Lipinski definition) is 0. The van der Waals surface area contributed by atoms with Crippen molar-refractivity contribution in [1.82, 2.24) is 0 Å². The third-order valence-corrected chi connectivity index (χ3v) is 5.27. The van der Waals surface area contributed by atoms with Gasteiger partial charge in [0.05, 0.1) is 17.5 Å². The first-order chi connectivity index (χ1) is 9.16. The Kier molecular flexibility index (Phi) is 2.40. The number of benzene rings is 1. The molecule has 0 N–H and O–H groups in total. The van der Waals surface area contributed by atoms with Crippen molar-refractivity contribution in [3.63, 3.8) is 0 Å². The lowest BCUT2D eigenvalue weighted by Gasteiger charge is -2.17. The van der Waals surface area contributed by atoms with Crippen LogP contribution in [0, 0.1) is 27.2 Å². The van der Waals surface area contributed by atoms with E-state index >= 15 is 0 Å². The molecule has 0 unspecified atom stereocenters. The Bertz CT molecular complexity index is 577. The maximum atomic E-state index is 12.5. The molecule has 1 saturated carbocycles. The second-order valence-electron chi connectivity index (χ2n) is 5.49. The summed E-state index contributed by atoms with van der Waals surface area (Å²) in [7, 11) is 0. The van der Waals surface area contributed by atoms with E-state index in [-0.39, 0.29) is 35.5 Å². The Morgan fingerprint density at radius 2 is 1.47 bits per heavy atom. The summed E-state index contributed by atoms with van der Waals surface area (Å²) in [4.78, 5) is 26.5. The molecule has 1 aliphatic heterocycles. The van der Waals surface area contributed by atoms with E-state index in [1.165, 1.54) is 4.90 Å². The van der Waals surface area contributed by atoms with Crippen molar-refractivity contribution in [2.75, 3.05) is 4.90 Å². The molecule has 1 aromatic rings. The van der Waals surface area contributed by atoms with Crippen molar-refractivity contribution in [2.24, 2.45) is 23.7 Å². The highest BCUT2D eigenvalue weighted by molar-refractivity contribution is 14.1. The summed E-state index contributed by atoms with van der Waals surface area (Å²) in [6.07, 6.45) is 5.22. The molecule has 3 aliphatic rings. The van der Waals surface area contributed by atoms with Crippen LogP contribution in [0.2, 0.25) is 0 Å². The molecule has 3 nitrogen and oxygen atoms in total. The average molecular weight is 365 g/mol. The number of imide groups is 1. The molecule has 0 aromatic heterocycles. The lowest BCUT2D eigenvalue weighted by atomic mass is 9.85. The number of nitrogens with zero attached hydrogens (tertiary/aromatic N) is 1. The summed E-state index contributed by atoms with van der Waals surface area (Å²) in [5.41, 5.74) is 0.712. The van der Waals surface area contributed by atoms with E-state index in [0.29, 0.717) is 5.69 Å². The van der Waals surface area contributed by atoms with Crippen LogP contribution < -0.4 is 4.90 Å². The van der Waals surface area contributed by atoms with E-state index in [1.54, 1.807) is 0 Å². The SMILES string of the molecule is O=C1[C@@H]2[C@@H](C(=O)N1c1ccc(I)cc1)[C@H]1C=C[C@@H]2C1. The normalized spacial score (nSPS) is 35.3. The Balaban J connectivity index is 1.74. The second-order valence-corrected chi connectivity index (χ2v) is 6.73. The Hall–Kier alpha value is -1.17. The molecule has 1 aromatic carbocycles. The highest BCUT2D eigenvalue weighted by atomic mass is 127. The van der Waals surface area contributed by atoms with Crippen LogP contribution in [0.3, 0.4) is 0 Å². The van der Waals surface area contributed by atoms with Crippen LogP contribution in [0.25, 0.3) is 0 Å². The smallest absolute Gasteiger partial charge is 0.238 e. The number of amides is 2. The zero-order valence-corrected chi connectivity index (χ0v) is 12.3. The van der Waals surface area contributed by atoms with Gasteiger partial charge in [0.15, 0.2) is 0 Å². The third kappa shape index (κ3) is 1.49. The molecular formula is C15H12INO2. The largest absolute Gasteiger partial charge is 0.274 e. The minimum absolute atomic E-state index is 0.00643. The average Bonchev–Trinajstić information content (AvgIpc) is 3.06. The fourth-order valence-corrected chi connectivity index (χ4v) is 4.11. The van der Waals surface area contributed by atoms with E-state index < -0.39 is 0 Å². The number of carbonyl (C=O) groups is 2. The van der Waals surface area contributed by atoms with Gasteiger partial charge >= 0.3 is 0 Å². The number of fused-ring (bicyclic) bond motifs is 5. The first kappa shape index (κ1) is 11.6. The van der Waals surface area contributed by atoms with E-state index in [0.717, 1.165) is 9.99 Å². The Morgan fingerprint density at radius 1 is 0.947 bits per heavy atom. The third-order valence-electron chi connectivity index (χ3n) is 4.56. The summed E-state index contributed by atoms with van der Waals surface area (Å²) in [6, 6.07) is 7.57. The van der Waals surface area contributed by atoms with E-state index in [4.69, 9.17) is 0 Å². The molecule has 1 saturated heterocycles. The van der Waals surface area contributed by atoms with Crippen LogP contribution in [-0.2, 0) is 9.59 Å². The number of allylic oxidation sites excluding steroid dienone is 2. The topological polar surface area (TPSA) is 37.4 Å². The van der Waals surface area contributed by atoms with Gasteiger partial charge in [0.25, 0.3) is 0 Å². The fourth-order valence-electron chi connectivity index (χ4n) is 3.75. The van der Waals surface area contributed by atoms with Crippen molar-refractivity contribution < 1.29 is 9.59 Å². The second kappa shape index (κ2) is 3.91. The predicted molar refractivity (Wildman–Crippen MR) is 79.4 cm³/mol. The zero-order chi connectivity index (χ0) is 13.1. The first-order valence-electron chi connectivity index (χ1n) is 6.48. The van der Waals surface area contributed by atoms with Gasteiger partial charge in [0, 0.05) is 3.57 Å². The predicted octanol–water partition coefficient (Wildman–Crippen LogP) is 2.60. The van der Waals surface area contributed by atoms with Crippen molar-refractivity contribution in [1.29, 1.82) is 0 Å². The molecule has 2 fully saturated rings. The van der Waals surface area contributed by atoms with E-state index in [9.17, 15) is 9.59 Å². The molecule has 0 spiro atoms. The summed E-state index contributed by atoms with van der Waals surface area (Å²) >= 11 is 2.22. The van der Waals surface area contributed by atoms with E-state index in [1.807, 2.05) is 24.3 Å². The van der Waals surface area contributed by atoms with Crippen molar-refractivity contribution in [3.05, 3.63) is 40.0 Å². The van der Waals surface area contributed by atoms with Gasteiger partial charge in [-0.3, -0.25) is 14.5 Å². The van der Waals surface area contributed by atoms with Crippen molar-refractivity contribution in [3.8, 4) is 0 Å². The minimum atomic E-state index is -0.109. The molecule has 4 rings (SSSR count). The molecule has 4 heteroatoms. The minimum Gasteiger partial charge on any atom is -0.274 e. The van der Waals surface area contributed by atoms with Crippen molar-refractivity contribution in [2.45, 2.75) is 6.42 Å². The number of anilines is 1. The van der Waals surface area contributed by atoms with Crippen LogP contribution in [0.1, 0.15) is 6.42 Å². The van der Waals surface area contributed by atoms with Gasteiger partial charge in [-0.2, -0.15) is 0 Å². The van der Waals surface area contributed by atoms with Gasteiger partial charge in [-0.1, -0.05) is 12.2 Å². The molecule has 2 aliphatic carbocycles. The highest BCUT2D eigenvalue weighted by Gasteiger charge is 2.59. The molecule has 1 heterocycles. The van der Waals surface area contributed by atoms with Gasteiger partial charge in [0.2, 0.25) is 11.8 Å². The number of rotatable bonds is 1. The lowest BCUT2D eigenvalue weighted by molar-refractivity contribution is -0.123. The van der Waals surface area contributed by atoms with Crippen molar-refractivity contribution >= 4 is 40.1 Å². The highest BCUT2D eigenvalue weighted by Crippen LogP contribution is 2.53. The first-order valence-corrected chi connectivity index (χ1v) is 7.56. The summed E-state index contributed by atoms with van der Waals surface area (Å²) in [5, 5.41) is 0. The fraction of sp³-hybridized carbons (Fsp3) is 0.333. The number of hydrogen-bond acceptors (Lipinski definition) is 2. The molecule has 2 bridgehead atoms. The van der Waals surface area contributed by atoms with Gasteiger partial charge in [-0.25, -0.2) is 0 Å². The molecule has 96 valence electrons. The van der Waals surface area contributed by atoms with Crippen LogP contribution in [0.5, 0.6) is 0 Å². The molecule has 2 amide bonds. The maximum absolute atomic E-state index is 12.5. The maximum Gasteiger partial charge on any atom is 0.238 e. The van der Waals surface area contributed by atoms with Gasteiger partial charge in [-0.15, -0.1) is 0 Å². The molecular weight excluding hydrogens is 353 g/mol. The molecule has 4 atom stereocenters. The Labute approximate surface area is 124 Å². The number of carbonyl (C=O) groups excluding carboxylic acids is 2. The molecule has 0 radical (unpaired) electrons. The zero-order valence-electron chi connectivity index (χ0n) is 10.1. The van der Waals surface area contributed by atoms with Gasteiger partial charge < -0.3 is 0 Å². The summed E-state index contributed by atoms with van der Waals surface area (Å²) in [6.45, 7) is 0. The van der Waals surface area contributed by atoms with Crippen LogP contribution in [0.15, 0.2) is 36.4 Å². The van der Waals surface area contributed by atoms with Crippen LogP contribution in [-0.4, -0.2) is 11.8 Å². The lowest BCUT2D eigenvalue weighted by Crippen LogP contribution is -2.32. The van der Waals surface area contributed by atoms with E-state index in [2.05, 4.69) is 34.7 Å². The molecule has 19 heavy (non-hydrogen) atoms.